The van der Waals surface area contributed by atoms with Crippen molar-refractivity contribution in [3.8, 4) is 0 Å². The highest BCUT2D eigenvalue weighted by atomic mass is 16.4. The van der Waals surface area contributed by atoms with Crippen LogP contribution in [-0.4, -0.2) is 44.7 Å². The number of aliphatic hydroxyl groups is 3. The third-order valence-electron chi connectivity index (χ3n) is 5.81. The molecule has 4 N–H and O–H groups in total. The maximum atomic E-state index is 10.8. The monoisotopic (exact) mass is 402 g/mol. The quantitative estimate of drug-likeness (QED) is 0.426. The van der Waals surface area contributed by atoms with Crippen LogP contribution < -0.4 is 0 Å². The zero-order valence-corrected chi connectivity index (χ0v) is 17.1. The van der Waals surface area contributed by atoms with Crippen LogP contribution in [0.25, 0.3) is 0 Å². The number of aliphatic hydroxyl groups excluding tert-OH is 3. The molecular formula is C24H34O5. The lowest BCUT2D eigenvalue weighted by Gasteiger charge is -2.19. The number of aryl methyl sites for hydroxylation is 1. The maximum absolute atomic E-state index is 10.8. The van der Waals surface area contributed by atoms with Crippen LogP contribution >= 0.6 is 0 Å². The molecular weight excluding hydrogens is 368 g/mol. The van der Waals surface area contributed by atoms with Gasteiger partial charge < -0.3 is 20.4 Å². The second-order valence-corrected chi connectivity index (χ2v) is 8.11. The average molecular weight is 403 g/mol. The van der Waals surface area contributed by atoms with Crippen LogP contribution in [0.3, 0.4) is 0 Å². The molecule has 0 bridgehead atoms. The molecule has 0 spiro atoms. The average Bonchev–Trinajstić information content (AvgIpc) is 2.97. The first-order chi connectivity index (χ1) is 13.9. The SMILES string of the molecule is CC(CCC=CC[C@@H]1[C@@H](C=C[C@@H](O)CCc2ccccc2)[C@H](O)C[C@@H]1O)C(=O)O. The summed E-state index contributed by atoms with van der Waals surface area (Å²) in [6.07, 6.45) is 9.32. The third-order valence-corrected chi connectivity index (χ3v) is 5.81. The molecule has 0 aromatic heterocycles. The number of hydrogen-bond donors (Lipinski definition) is 4. The predicted molar refractivity (Wildman–Crippen MR) is 113 cm³/mol. The van der Waals surface area contributed by atoms with E-state index in [0.717, 1.165) is 6.42 Å². The van der Waals surface area contributed by atoms with Gasteiger partial charge >= 0.3 is 5.97 Å². The first-order valence-electron chi connectivity index (χ1n) is 10.5. The van der Waals surface area contributed by atoms with E-state index in [1.807, 2.05) is 48.6 Å². The molecule has 0 aliphatic heterocycles. The lowest BCUT2D eigenvalue weighted by atomic mass is 9.89. The van der Waals surface area contributed by atoms with Crippen LogP contribution in [0.1, 0.15) is 44.6 Å². The molecule has 0 saturated heterocycles. The normalized spacial score (nSPS) is 26.9. The molecule has 5 nitrogen and oxygen atoms in total. The Balaban J connectivity index is 1.83. The highest BCUT2D eigenvalue weighted by Crippen LogP contribution is 2.36. The van der Waals surface area contributed by atoms with Crippen LogP contribution in [0.15, 0.2) is 54.6 Å². The van der Waals surface area contributed by atoms with E-state index in [9.17, 15) is 20.1 Å². The van der Waals surface area contributed by atoms with Crippen molar-refractivity contribution in [1.29, 1.82) is 0 Å². The van der Waals surface area contributed by atoms with E-state index < -0.39 is 24.3 Å². The van der Waals surface area contributed by atoms with Gasteiger partial charge in [0, 0.05) is 12.3 Å². The van der Waals surface area contributed by atoms with Gasteiger partial charge in [0.2, 0.25) is 0 Å². The van der Waals surface area contributed by atoms with Crippen LogP contribution in [0.2, 0.25) is 0 Å². The Morgan fingerprint density at radius 2 is 1.86 bits per heavy atom. The van der Waals surface area contributed by atoms with E-state index in [1.165, 1.54) is 5.56 Å². The standard InChI is InChI=1S/C24H34O5/c1-17(24(28)29)8-4-2-7-11-20-21(23(27)16-22(20)26)15-14-19(25)13-12-18-9-5-3-6-10-18/h2-3,5-7,9-10,14-15,17,19-23,25-27H,4,8,11-13,16H2,1H3,(H,28,29)/t17?,19-,20+,21+,22-,23+/m0/s1. The summed E-state index contributed by atoms with van der Waals surface area (Å²) in [4.78, 5) is 10.8. The molecule has 0 heterocycles. The lowest BCUT2D eigenvalue weighted by molar-refractivity contribution is -0.141. The smallest absolute Gasteiger partial charge is 0.306 e. The molecule has 5 heteroatoms. The first-order valence-corrected chi connectivity index (χ1v) is 10.5. The van der Waals surface area contributed by atoms with Crippen LogP contribution in [-0.2, 0) is 11.2 Å². The van der Waals surface area contributed by atoms with Gasteiger partial charge in [0.1, 0.15) is 0 Å². The van der Waals surface area contributed by atoms with Gasteiger partial charge in [-0.2, -0.15) is 0 Å². The molecule has 6 atom stereocenters. The lowest BCUT2D eigenvalue weighted by Crippen LogP contribution is -2.20. The molecule has 1 aliphatic rings. The number of rotatable bonds is 11. The third kappa shape index (κ3) is 7.77. The summed E-state index contributed by atoms with van der Waals surface area (Å²) < 4.78 is 0. The number of carboxylic acid groups (broad SMARTS) is 1. The fraction of sp³-hybridized carbons (Fsp3) is 0.542. The number of carboxylic acids is 1. The summed E-state index contributed by atoms with van der Waals surface area (Å²) in [7, 11) is 0. The zero-order chi connectivity index (χ0) is 21.2. The highest BCUT2D eigenvalue weighted by molar-refractivity contribution is 5.69. The summed E-state index contributed by atoms with van der Waals surface area (Å²) in [5, 5.41) is 39.8. The Hall–Kier alpha value is -1.95. The van der Waals surface area contributed by atoms with Crippen molar-refractivity contribution in [3.63, 3.8) is 0 Å². The van der Waals surface area contributed by atoms with Crippen LogP contribution in [0.4, 0.5) is 0 Å². The summed E-state index contributed by atoms with van der Waals surface area (Å²) in [6.45, 7) is 1.69. The number of benzene rings is 1. The van der Waals surface area contributed by atoms with Gasteiger partial charge in [0.15, 0.2) is 0 Å². The van der Waals surface area contributed by atoms with Crippen LogP contribution in [0, 0.1) is 17.8 Å². The Morgan fingerprint density at radius 1 is 1.14 bits per heavy atom. The topological polar surface area (TPSA) is 98.0 Å². The van der Waals surface area contributed by atoms with Crippen molar-refractivity contribution in [2.24, 2.45) is 17.8 Å². The minimum absolute atomic E-state index is 0.101. The zero-order valence-electron chi connectivity index (χ0n) is 17.1. The Bertz CT molecular complexity index is 669. The second kappa shape index (κ2) is 11.9. The summed E-state index contributed by atoms with van der Waals surface area (Å²) in [5.41, 5.74) is 1.18. The van der Waals surface area contributed by atoms with E-state index >= 15 is 0 Å². The van der Waals surface area contributed by atoms with E-state index in [4.69, 9.17) is 5.11 Å². The molecule has 29 heavy (non-hydrogen) atoms. The summed E-state index contributed by atoms with van der Waals surface area (Å²) in [6, 6.07) is 10.00. The van der Waals surface area contributed by atoms with Crippen molar-refractivity contribution in [3.05, 3.63) is 60.2 Å². The Labute approximate surface area is 173 Å². The second-order valence-electron chi connectivity index (χ2n) is 8.11. The molecule has 1 saturated carbocycles. The minimum atomic E-state index is -0.788. The van der Waals surface area contributed by atoms with Gasteiger partial charge in [0.05, 0.1) is 24.2 Å². The van der Waals surface area contributed by atoms with E-state index in [2.05, 4.69) is 0 Å². The predicted octanol–water partition coefficient (Wildman–Crippen LogP) is 3.34. The summed E-state index contributed by atoms with van der Waals surface area (Å²) >= 11 is 0. The molecule has 0 amide bonds. The van der Waals surface area contributed by atoms with E-state index in [1.54, 1.807) is 13.0 Å². The number of hydrogen-bond acceptors (Lipinski definition) is 4. The maximum Gasteiger partial charge on any atom is 0.306 e. The Kier molecular flexibility index (Phi) is 9.58. The van der Waals surface area contributed by atoms with Crippen molar-refractivity contribution in [2.75, 3.05) is 0 Å². The van der Waals surface area contributed by atoms with Crippen molar-refractivity contribution < 1.29 is 25.2 Å². The van der Waals surface area contributed by atoms with Crippen LogP contribution in [0.5, 0.6) is 0 Å². The molecule has 160 valence electrons. The Morgan fingerprint density at radius 3 is 2.55 bits per heavy atom. The van der Waals surface area contributed by atoms with Gasteiger partial charge in [0.25, 0.3) is 0 Å². The largest absolute Gasteiger partial charge is 0.481 e. The number of allylic oxidation sites excluding steroid dienone is 2. The van der Waals surface area contributed by atoms with Gasteiger partial charge in [-0.05, 0) is 43.6 Å². The van der Waals surface area contributed by atoms with Gasteiger partial charge in [-0.25, -0.2) is 0 Å². The highest BCUT2D eigenvalue weighted by Gasteiger charge is 2.39. The molecule has 1 aromatic rings. The molecule has 0 radical (unpaired) electrons. The number of aliphatic carboxylic acids is 1. The van der Waals surface area contributed by atoms with Gasteiger partial charge in [-0.3, -0.25) is 4.79 Å². The number of carbonyl (C=O) groups is 1. The van der Waals surface area contributed by atoms with Gasteiger partial charge in [-0.1, -0.05) is 61.6 Å². The fourth-order valence-corrected chi connectivity index (χ4v) is 3.86. The molecule has 1 aliphatic carbocycles. The van der Waals surface area contributed by atoms with Gasteiger partial charge in [-0.15, -0.1) is 0 Å². The fourth-order valence-electron chi connectivity index (χ4n) is 3.86. The van der Waals surface area contributed by atoms with Crippen molar-refractivity contribution in [1.82, 2.24) is 0 Å². The van der Waals surface area contributed by atoms with Crippen molar-refractivity contribution in [2.45, 2.75) is 63.8 Å². The molecule has 1 fully saturated rings. The summed E-state index contributed by atoms with van der Waals surface area (Å²) in [5.74, 6) is -1.45. The minimum Gasteiger partial charge on any atom is -0.481 e. The molecule has 2 rings (SSSR count). The molecule has 1 aromatic carbocycles. The van der Waals surface area contributed by atoms with E-state index in [-0.39, 0.29) is 17.8 Å². The van der Waals surface area contributed by atoms with Crippen molar-refractivity contribution >= 4 is 5.97 Å². The molecule has 1 unspecified atom stereocenters. The van der Waals surface area contributed by atoms with E-state index in [0.29, 0.717) is 32.1 Å². The first kappa shape index (κ1) is 23.3.